The Balaban J connectivity index is 2.28. The summed E-state index contributed by atoms with van der Waals surface area (Å²) in [6.07, 6.45) is 2.71. The molecule has 88 valence electrons. The van der Waals surface area contributed by atoms with Crippen molar-refractivity contribution in [2.24, 2.45) is 0 Å². The molecular formula is C11H16FN3O. The van der Waals surface area contributed by atoms with Gasteiger partial charge in [-0.25, -0.2) is 4.39 Å². The van der Waals surface area contributed by atoms with Gasteiger partial charge in [0.15, 0.2) is 0 Å². The third-order valence-electron chi connectivity index (χ3n) is 1.83. The molecule has 1 aromatic rings. The van der Waals surface area contributed by atoms with Gasteiger partial charge in [0, 0.05) is 18.8 Å². The Kier molecular flexibility index (Phi) is 4.85. The summed E-state index contributed by atoms with van der Waals surface area (Å²) in [4.78, 5) is 15.0. The number of nitrogens with one attached hydrogen (secondary N) is 2. The van der Waals surface area contributed by atoms with Gasteiger partial charge in [-0.3, -0.25) is 9.78 Å². The molecule has 16 heavy (non-hydrogen) atoms. The topological polar surface area (TPSA) is 54.0 Å². The number of rotatable bonds is 5. The van der Waals surface area contributed by atoms with E-state index in [1.165, 1.54) is 6.07 Å². The molecule has 0 bridgehead atoms. The maximum Gasteiger partial charge on any atom is 0.234 e. The molecule has 0 saturated carbocycles. The van der Waals surface area contributed by atoms with Gasteiger partial charge in [-0.05, 0) is 25.5 Å². The maximum atomic E-state index is 12.8. The minimum absolute atomic E-state index is 0.0700. The zero-order chi connectivity index (χ0) is 12.0. The summed E-state index contributed by atoms with van der Waals surface area (Å²) >= 11 is 0. The molecule has 0 aliphatic carbocycles. The van der Waals surface area contributed by atoms with Gasteiger partial charge in [0.25, 0.3) is 0 Å². The van der Waals surface area contributed by atoms with E-state index in [9.17, 15) is 9.18 Å². The summed E-state index contributed by atoms with van der Waals surface area (Å²) in [5, 5.41) is 5.66. The van der Waals surface area contributed by atoms with Crippen LogP contribution in [-0.4, -0.2) is 23.5 Å². The van der Waals surface area contributed by atoms with Gasteiger partial charge in [0.1, 0.15) is 5.82 Å². The SMILES string of the molecule is CC(C)NC(=O)CNCc1cncc(F)c1. The lowest BCUT2D eigenvalue weighted by Crippen LogP contribution is -2.37. The Labute approximate surface area is 94.3 Å². The van der Waals surface area contributed by atoms with Gasteiger partial charge >= 0.3 is 0 Å². The van der Waals surface area contributed by atoms with Gasteiger partial charge in [-0.15, -0.1) is 0 Å². The smallest absolute Gasteiger partial charge is 0.234 e. The van der Waals surface area contributed by atoms with Crippen LogP contribution in [0.4, 0.5) is 4.39 Å². The lowest BCUT2D eigenvalue weighted by Gasteiger charge is -2.09. The first-order valence-electron chi connectivity index (χ1n) is 5.17. The standard InChI is InChI=1S/C11H16FN3O/c1-8(2)15-11(16)7-14-5-9-3-10(12)6-13-4-9/h3-4,6,8,14H,5,7H2,1-2H3,(H,15,16). The van der Waals surface area contributed by atoms with Crippen LogP contribution in [0, 0.1) is 5.82 Å². The highest BCUT2D eigenvalue weighted by Crippen LogP contribution is 1.99. The average molecular weight is 225 g/mol. The van der Waals surface area contributed by atoms with E-state index in [0.29, 0.717) is 6.54 Å². The molecule has 1 rings (SSSR count). The summed E-state index contributed by atoms with van der Waals surface area (Å²) in [6.45, 7) is 4.44. The summed E-state index contributed by atoms with van der Waals surface area (Å²) < 4.78 is 12.8. The highest BCUT2D eigenvalue weighted by molar-refractivity contribution is 5.78. The van der Waals surface area contributed by atoms with Gasteiger partial charge < -0.3 is 10.6 Å². The second kappa shape index (κ2) is 6.17. The Morgan fingerprint density at radius 1 is 1.50 bits per heavy atom. The highest BCUT2D eigenvalue weighted by Gasteiger charge is 2.02. The summed E-state index contributed by atoms with van der Waals surface area (Å²) in [6, 6.07) is 1.52. The monoisotopic (exact) mass is 225 g/mol. The second-order valence-corrected chi connectivity index (χ2v) is 3.84. The van der Waals surface area contributed by atoms with Crippen molar-refractivity contribution in [1.82, 2.24) is 15.6 Å². The molecule has 1 heterocycles. The molecule has 1 amide bonds. The average Bonchev–Trinajstić information content (AvgIpc) is 2.16. The molecule has 0 fully saturated rings. The largest absolute Gasteiger partial charge is 0.353 e. The fraction of sp³-hybridized carbons (Fsp3) is 0.455. The summed E-state index contributed by atoms with van der Waals surface area (Å²) in [5.74, 6) is -0.440. The Bertz CT molecular complexity index is 355. The third kappa shape index (κ3) is 4.84. The van der Waals surface area contributed by atoms with Gasteiger partial charge in [0.2, 0.25) is 5.91 Å². The first-order valence-corrected chi connectivity index (χ1v) is 5.17. The second-order valence-electron chi connectivity index (χ2n) is 3.84. The fourth-order valence-electron chi connectivity index (χ4n) is 1.25. The molecule has 0 radical (unpaired) electrons. The third-order valence-corrected chi connectivity index (χ3v) is 1.83. The summed E-state index contributed by atoms with van der Waals surface area (Å²) in [5.41, 5.74) is 0.720. The zero-order valence-corrected chi connectivity index (χ0v) is 9.46. The predicted octanol–water partition coefficient (Wildman–Crippen LogP) is 0.835. The van der Waals surface area contributed by atoms with Crippen molar-refractivity contribution in [3.63, 3.8) is 0 Å². The van der Waals surface area contributed by atoms with Crippen molar-refractivity contribution in [1.29, 1.82) is 0 Å². The number of carbonyl (C=O) groups is 1. The van der Waals surface area contributed by atoms with E-state index in [0.717, 1.165) is 11.8 Å². The van der Waals surface area contributed by atoms with Crippen molar-refractivity contribution in [3.05, 3.63) is 29.8 Å². The lowest BCUT2D eigenvalue weighted by atomic mass is 10.3. The normalized spacial score (nSPS) is 10.5. The van der Waals surface area contributed by atoms with Crippen molar-refractivity contribution >= 4 is 5.91 Å². The van der Waals surface area contributed by atoms with Crippen LogP contribution in [0.1, 0.15) is 19.4 Å². The number of nitrogens with zero attached hydrogens (tertiary/aromatic N) is 1. The van der Waals surface area contributed by atoms with Gasteiger partial charge in [-0.2, -0.15) is 0 Å². The molecule has 0 atom stereocenters. The number of hydrogen-bond acceptors (Lipinski definition) is 3. The van der Waals surface area contributed by atoms with Gasteiger partial charge in [0.05, 0.1) is 12.7 Å². The van der Waals surface area contributed by atoms with Crippen molar-refractivity contribution in [3.8, 4) is 0 Å². The lowest BCUT2D eigenvalue weighted by molar-refractivity contribution is -0.120. The highest BCUT2D eigenvalue weighted by atomic mass is 19.1. The van der Waals surface area contributed by atoms with Crippen LogP contribution in [0.5, 0.6) is 0 Å². The number of aromatic nitrogens is 1. The van der Waals surface area contributed by atoms with Gasteiger partial charge in [-0.1, -0.05) is 0 Å². The molecule has 0 saturated heterocycles. The first kappa shape index (κ1) is 12.6. The molecule has 0 unspecified atom stereocenters. The van der Waals surface area contributed by atoms with Crippen LogP contribution < -0.4 is 10.6 Å². The van der Waals surface area contributed by atoms with Crippen LogP contribution in [0.25, 0.3) is 0 Å². The van der Waals surface area contributed by atoms with Crippen LogP contribution in [-0.2, 0) is 11.3 Å². The van der Waals surface area contributed by atoms with E-state index >= 15 is 0 Å². The van der Waals surface area contributed by atoms with Crippen molar-refractivity contribution < 1.29 is 9.18 Å². The number of carbonyl (C=O) groups excluding carboxylic acids is 1. The molecule has 2 N–H and O–H groups in total. The van der Waals surface area contributed by atoms with E-state index in [1.807, 2.05) is 13.8 Å². The van der Waals surface area contributed by atoms with Crippen LogP contribution >= 0.6 is 0 Å². The molecule has 0 aliphatic heterocycles. The first-order chi connectivity index (χ1) is 7.58. The quantitative estimate of drug-likeness (QED) is 0.780. The fourth-order valence-corrected chi connectivity index (χ4v) is 1.25. The molecule has 0 spiro atoms. The van der Waals surface area contributed by atoms with E-state index in [1.54, 1.807) is 6.20 Å². The molecule has 1 aromatic heterocycles. The molecule has 4 nitrogen and oxygen atoms in total. The van der Waals surface area contributed by atoms with E-state index in [2.05, 4.69) is 15.6 Å². The number of pyridine rings is 1. The minimum Gasteiger partial charge on any atom is -0.353 e. The zero-order valence-electron chi connectivity index (χ0n) is 9.46. The number of halogens is 1. The van der Waals surface area contributed by atoms with Crippen LogP contribution in [0.15, 0.2) is 18.5 Å². The van der Waals surface area contributed by atoms with E-state index < -0.39 is 0 Å². The number of amides is 1. The minimum atomic E-state index is -0.370. The predicted molar refractivity (Wildman–Crippen MR) is 59.2 cm³/mol. The van der Waals surface area contributed by atoms with Crippen LogP contribution in [0.2, 0.25) is 0 Å². The Morgan fingerprint density at radius 3 is 2.88 bits per heavy atom. The van der Waals surface area contributed by atoms with Crippen molar-refractivity contribution in [2.75, 3.05) is 6.54 Å². The molecule has 0 aliphatic rings. The summed E-state index contributed by atoms with van der Waals surface area (Å²) in [7, 11) is 0. The molecule has 0 aromatic carbocycles. The van der Waals surface area contributed by atoms with E-state index in [-0.39, 0.29) is 24.3 Å². The number of hydrogen-bond donors (Lipinski definition) is 2. The Morgan fingerprint density at radius 2 is 2.25 bits per heavy atom. The Hall–Kier alpha value is -1.49. The molecular weight excluding hydrogens is 209 g/mol. The maximum absolute atomic E-state index is 12.8. The molecule has 5 heteroatoms. The van der Waals surface area contributed by atoms with E-state index in [4.69, 9.17) is 0 Å². The van der Waals surface area contributed by atoms with Crippen LogP contribution in [0.3, 0.4) is 0 Å². The van der Waals surface area contributed by atoms with Crippen molar-refractivity contribution in [2.45, 2.75) is 26.4 Å².